The lowest BCUT2D eigenvalue weighted by molar-refractivity contribution is 0.0941. The third-order valence-electron chi connectivity index (χ3n) is 3.80. The standard InChI is InChI=1S/C20H24FN3O2/c1-4-5-6-7-8-12-26-18-11-9-10-16(19(18)21)14-22-20(25)17-13-15(2)23-24(17)3/h9-11,13H,4-6,12,14H2,1-3H3,(H,22,25). The van der Waals surface area contributed by atoms with Crippen molar-refractivity contribution < 1.29 is 13.9 Å². The maximum atomic E-state index is 14.5. The van der Waals surface area contributed by atoms with Crippen molar-refractivity contribution in [2.24, 2.45) is 7.05 Å². The third kappa shape index (κ3) is 5.35. The molecule has 0 bridgehead atoms. The molecule has 2 rings (SSSR count). The number of amides is 1. The van der Waals surface area contributed by atoms with Gasteiger partial charge in [-0.15, -0.1) is 0 Å². The lowest BCUT2D eigenvalue weighted by Crippen LogP contribution is -2.25. The fraction of sp³-hybridized carbons (Fsp3) is 0.400. The molecule has 0 saturated carbocycles. The topological polar surface area (TPSA) is 56.1 Å². The van der Waals surface area contributed by atoms with Gasteiger partial charge in [0.25, 0.3) is 5.91 Å². The van der Waals surface area contributed by atoms with E-state index < -0.39 is 5.82 Å². The number of nitrogens with zero attached hydrogens (tertiary/aromatic N) is 2. The summed E-state index contributed by atoms with van der Waals surface area (Å²) in [5.41, 5.74) is 1.53. The largest absolute Gasteiger partial charge is 0.478 e. The van der Waals surface area contributed by atoms with Crippen LogP contribution in [0.4, 0.5) is 4.39 Å². The number of halogens is 1. The van der Waals surface area contributed by atoms with Gasteiger partial charge in [-0.3, -0.25) is 9.48 Å². The van der Waals surface area contributed by atoms with Crippen molar-refractivity contribution in [1.82, 2.24) is 15.1 Å². The molecule has 0 fully saturated rings. The highest BCUT2D eigenvalue weighted by molar-refractivity contribution is 5.92. The Morgan fingerprint density at radius 1 is 1.38 bits per heavy atom. The number of rotatable bonds is 7. The molecule has 0 radical (unpaired) electrons. The van der Waals surface area contributed by atoms with Crippen molar-refractivity contribution in [2.45, 2.75) is 39.7 Å². The zero-order valence-corrected chi connectivity index (χ0v) is 15.4. The van der Waals surface area contributed by atoms with E-state index in [0.29, 0.717) is 11.3 Å². The Balaban J connectivity index is 1.94. The fourth-order valence-corrected chi connectivity index (χ4v) is 2.41. The second-order valence-corrected chi connectivity index (χ2v) is 5.95. The van der Waals surface area contributed by atoms with Crippen molar-refractivity contribution in [1.29, 1.82) is 0 Å². The second kappa shape index (κ2) is 9.62. The van der Waals surface area contributed by atoms with Gasteiger partial charge < -0.3 is 10.1 Å². The van der Waals surface area contributed by atoms with Crippen LogP contribution in [0.1, 0.15) is 47.9 Å². The van der Waals surface area contributed by atoms with Crippen molar-refractivity contribution in [2.75, 3.05) is 6.61 Å². The smallest absolute Gasteiger partial charge is 0.269 e. The molecule has 0 aliphatic heterocycles. The fourth-order valence-electron chi connectivity index (χ4n) is 2.41. The van der Waals surface area contributed by atoms with Gasteiger partial charge in [-0.2, -0.15) is 5.10 Å². The summed E-state index contributed by atoms with van der Waals surface area (Å²) in [6.07, 6.45) is 2.96. The molecule has 26 heavy (non-hydrogen) atoms. The Bertz CT molecular complexity index is 818. The number of carbonyl (C=O) groups is 1. The Morgan fingerprint density at radius 2 is 2.19 bits per heavy atom. The van der Waals surface area contributed by atoms with Crippen LogP contribution in [-0.4, -0.2) is 22.3 Å². The van der Waals surface area contributed by atoms with Crippen LogP contribution in [0.15, 0.2) is 24.3 Å². The molecule has 6 heteroatoms. The van der Waals surface area contributed by atoms with Gasteiger partial charge in [-0.25, -0.2) is 4.39 Å². The Labute approximate surface area is 153 Å². The number of unbranched alkanes of at least 4 members (excludes halogenated alkanes) is 2. The predicted octanol–water partition coefficient (Wildman–Crippen LogP) is 3.37. The van der Waals surface area contributed by atoms with E-state index in [1.807, 2.05) is 6.92 Å². The molecule has 2 aromatic rings. The SMILES string of the molecule is CCCCC#CCOc1cccc(CNC(=O)c2cc(C)nn2C)c1F. The molecule has 1 N–H and O–H groups in total. The number of ether oxygens (including phenoxy) is 1. The van der Waals surface area contributed by atoms with E-state index in [1.165, 1.54) is 4.68 Å². The van der Waals surface area contributed by atoms with Gasteiger partial charge in [-0.05, 0) is 25.5 Å². The molecule has 0 spiro atoms. The summed E-state index contributed by atoms with van der Waals surface area (Å²) >= 11 is 0. The molecule has 0 aliphatic rings. The van der Waals surface area contributed by atoms with Crippen LogP contribution in [0.2, 0.25) is 0 Å². The van der Waals surface area contributed by atoms with Gasteiger partial charge in [0.1, 0.15) is 12.3 Å². The number of aromatic nitrogens is 2. The highest BCUT2D eigenvalue weighted by Gasteiger charge is 2.14. The number of aryl methyl sites for hydroxylation is 2. The first-order valence-corrected chi connectivity index (χ1v) is 8.67. The minimum atomic E-state index is -0.482. The average Bonchev–Trinajstić information content (AvgIpc) is 2.96. The monoisotopic (exact) mass is 357 g/mol. The van der Waals surface area contributed by atoms with Crippen LogP contribution in [-0.2, 0) is 13.6 Å². The van der Waals surface area contributed by atoms with Gasteiger partial charge in [-0.1, -0.05) is 37.3 Å². The van der Waals surface area contributed by atoms with Crippen LogP contribution in [0.3, 0.4) is 0 Å². The first kappa shape index (κ1) is 19.5. The molecule has 5 nitrogen and oxygen atoms in total. The van der Waals surface area contributed by atoms with E-state index >= 15 is 0 Å². The maximum absolute atomic E-state index is 14.5. The van der Waals surface area contributed by atoms with Crippen molar-refractivity contribution in [3.05, 3.63) is 47.0 Å². The molecule has 0 unspecified atom stereocenters. The molecule has 0 saturated heterocycles. The molecular weight excluding hydrogens is 333 g/mol. The molecule has 1 amide bonds. The van der Waals surface area contributed by atoms with Crippen LogP contribution in [0, 0.1) is 24.6 Å². The summed E-state index contributed by atoms with van der Waals surface area (Å²) in [6, 6.07) is 6.55. The van der Waals surface area contributed by atoms with Gasteiger partial charge in [0.15, 0.2) is 11.6 Å². The van der Waals surface area contributed by atoms with Crippen LogP contribution < -0.4 is 10.1 Å². The molecule has 138 valence electrons. The minimum absolute atomic E-state index is 0.0638. The second-order valence-electron chi connectivity index (χ2n) is 5.95. The predicted molar refractivity (Wildman–Crippen MR) is 98.3 cm³/mol. The first-order valence-electron chi connectivity index (χ1n) is 8.67. The number of hydrogen-bond acceptors (Lipinski definition) is 3. The van der Waals surface area contributed by atoms with E-state index in [1.54, 1.807) is 31.3 Å². The molecule has 1 heterocycles. The van der Waals surface area contributed by atoms with E-state index in [4.69, 9.17) is 4.74 Å². The molecular formula is C20H24FN3O2. The van der Waals surface area contributed by atoms with Crippen molar-refractivity contribution in [3.63, 3.8) is 0 Å². The molecule has 0 atom stereocenters. The number of hydrogen-bond donors (Lipinski definition) is 1. The zero-order valence-electron chi connectivity index (χ0n) is 15.4. The van der Waals surface area contributed by atoms with Gasteiger partial charge in [0.05, 0.1) is 5.69 Å². The Morgan fingerprint density at radius 3 is 2.88 bits per heavy atom. The Hall–Kier alpha value is -2.81. The van der Waals surface area contributed by atoms with Gasteiger partial charge in [0.2, 0.25) is 0 Å². The number of carbonyl (C=O) groups excluding carboxylic acids is 1. The quantitative estimate of drug-likeness (QED) is 0.611. The number of benzene rings is 1. The number of nitrogens with one attached hydrogen (secondary N) is 1. The van der Waals surface area contributed by atoms with E-state index in [2.05, 4.69) is 29.2 Å². The normalized spacial score (nSPS) is 10.2. The highest BCUT2D eigenvalue weighted by atomic mass is 19.1. The summed E-state index contributed by atoms with van der Waals surface area (Å²) in [5.74, 6) is 5.22. The molecule has 1 aromatic carbocycles. The summed E-state index contributed by atoms with van der Waals surface area (Å²) < 4.78 is 21.4. The summed E-state index contributed by atoms with van der Waals surface area (Å²) in [4.78, 5) is 12.2. The van der Waals surface area contributed by atoms with Gasteiger partial charge in [0, 0.05) is 25.6 Å². The van der Waals surface area contributed by atoms with Crippen LogP contribution in [0.25, 0.3) is 0 Å². The third-order valence-corrected chi connectivity index (χ3v) is 3.80. The zero-order chi connectivity index (χ0) is 18.9. The lowest BCUT2D eigenvalue weighted by Gasteiger charge is -2.09. The first-order chi connectivity index (χ1) is 12.5. The van der Waals surface area contributed by atoms with Crippen LogP contribution >= 0.6 is 0 Å². The van der Waals surface area contributed by atoms with Crippen molar-refractivity contribution >= 4 is 5.91 Å². The molecule has 0 aliphatic carbocycles. The van der Waals surface area contributed by atoms with Crippen LogP contribution in [0.5, 0.6) is 5.75 Å². The summed E-state index contributed by atoms with van der Waals surface area (Å²) in [7, 11) is 1.69. The van der Waals surface area contributed by atoms with Crippen molar-refractivity contribution in [3.8, 4) is 17.6 Å². The van der Waals surface area contributed by atoms with E-state index in [9.17, 15) is 9.18 Å². The lowest BCUT2D eigenvalue weighted by atomic mass is 10.2. The van der Waals surface area contributed by atoms with Gasteiger partial charge >= 0.3 is 0 Å². The van der Waals surface area contributed by atoms with E-state index in [-0.39, 0.29) is 24.8 Å². The van der Waals surface area contributed by atoms with E-state index in [0.717, 1.165) is 25.0 Å². The average molecular weight is 357 g/mol. The summed E-state index contributed by atoms with van der Waals surface area (Å²) in [6.45, 7) is 4.12. The Kier molecular flexibility index (Phi) is 7.22. The highest BCUT2D eigenvalue weighted by Crippen LogP contribution is 2.20. The summed E-state index contributed by atoms with van der Waals surface area (Å²) in [5, 5.41) is 6.83. The minimum Gasteiger partial charge on any atom is -0.478 e. The maximum Gasteiger partial charge on any atom is 0.269 e. The molecule has 1 aromatic heterocycles.